The van der Waals surface area contributed by atoms with Crippen molar-refractivity contribution in [1.29, 1.82) is 0 Å². The smallest absolute Gasteiger partial charge is 0.0713 e. The fourth-order valence-electron chi connectivity index (χ4n) is 7.17. The average molecular weight is 477 g/mol. The minimum absolute atomic E-state index is 0.324. The molecule has 3 aliphatic rings. The van der Waals surface area contributed by atoms with Crippen molar-refractivity contribution in [2.24, 2.45) is 5.92 Å². The molecule has 0 amide bonds. The van der Waals surface area contributed by atoms with Gasteiger partial charge in [-0.25, -0.2) is 0 Å². The first-order chi connectivity index (χ1) is 18.2. The van der Waals surface area contributed by atoms with E-state index in [1.807, 2.05) is 0 Å². The molecular weight excluding hydrogens is 444 g/mol. The molecule has 0 spiro atoms. The van der Waals surface area contributed by atoms with Crippen LogP contribution in [-0.2, 0) is 5.41 Å². The Morgan fingerprint density at radius 3 is 2.38 bits per heavy atom. The van der Waals surface area contributed by atoms with Crippen molar-refractivity contribution in [3.63, 3.8) is 0 Å². The minimum atomic E-state index is -0.324. The fraction of sp³-hybridized carbons (Fsp3) is 0.189. The van der Waals surface area contributed by atoms with Crippen molar-refractivity contribution >= 4 is 16.3 Å². The summed E-state index contributed by atoms with van der Waals surface area (Å²) in [5.41, 5.74) is 12.3. The fourth-order valence-corrected chi connectivity index (χ4v) is 7.17. The van der Waals surface area contributed by atoms with Crippen molar-refractivity contribution in [2.75, 3.05) is 0 Å². The van der Waals surface area contributed by atoms with Crippen LogP contribution in [-0.4, -0.2) is 0 Å². The van der Waals surface area contributed by atoms with E-state index in [4.69, 9.17) is 0 Å². The lowest BCUT2D eigenvalue weighted by Crippen LogP contribution is -2.31. The van der Waals surface area contributed by atoms with Crippen molar-refractivity contribution < 1.29 is 0 Å². The largest absolute Gasteiger partial charge is 0.0839 e. The van der Waals surface area contributed by atoms with Gasteiger partial charge in [0.2, 0.25) is 0 Å². The summed E-state index contributed by atoms with van der Waals surface area (Å²) in [5, 5.41) is 2.63. The zero-order valence-corrected chi connectivity index (χ0v) is 21.7. The molecule has 0 saturated carbocycles. The lowest BCUT2D eigenvalue weighted by Gasteiger charge is -2.38. The third-order valence-corrected chi connectivity index (χ3v) is 8.62. The number of allylic oxidation sites excluding steroid dienone is 8. The minimum Gasteiger partial charge on any atom is -0.0839 e. The Bertz CT molecular complexity index is 1660. The second-order valence-corrected chi connectivity index (χ2v) is 10.9. The first kappa shape index (κ1) is 22.3. The van der Waals surface area contributed by atoms with Gasteiger partial charge >= 0.3 is 0 Å². The van der Waals surface area contributed by atoms with Gasteiger partial charge in [-0.2, -0.15) is 0 Å². The summed E-state index contributed by atoms with van der Waals surface area (Å²) in [6.07, 6.45) is 15.4. The van der Waals surface area contributed by atoms with Gasteiger partial charge in [0.1, 0.15) is 0 Å². The van der Waals surface area contributed by atoms with E-state index in [0.717, 1.165) is 19.3 Å². The Morgan fingerprint density at radius 2 is 1.54 bits per heavy atom. The van der Waals surface area contributed by atoms with Crippen molar-refractivity contribution in [2.45, 2.75) is 38.5 Å². The highest BCUT2D eigenvalue weighted by molar-refractivity contribution is 6.02. The van der Waals surface area contributed by atoms with Gasteiger partial charge < -0.3 is 0 Å². The third-order valence-electron chi connectivity index (χ3n) is 8.62. The van der Waals surface area contributed by atoms with Gasteiger partial charge in [0, 0.05) is 0 Å². The molecule has 3 aliphatic carbocycles. The van der Waals surface area contributed by atoms with Crippen LogP contribution in [0.3, 0.4) is 0 Å². The summed E-state index contributed by atoms with van der Waals surface area (Å²) in [6, 6.07) is 31.9. The molecule has 4 aromatic carbocycles. The highest BCUT2D eigenvalue weighted by Crippen LogP contribution is 2.61. The summed E-state index contributed by atoms with van der Waals surface area (Å²) in [5.74, 6) is 0.488. The van der Waals surface area contributed by atoms with Crippen LogP contribution in [0.4, 0.5) is 0 Å². The number of aryl methyl sites for hydroxylation is 1. The topological polar surface area (TPSA) is 0 Å². The molecule has 0 N–H and O–H groups in total. The first-order valence-electron chi connectivity index (χ1n) is 13.7. The van der Waals surface area contributed by atoms with Crippen LogP contribution in [0, 0.1) is 12.8 Å². The lowest BCUT2D eigenvalue weighted by molar-refractivity contribution is 0.715. The monoisotopic (exact) mass is 476 g/mol. The van der Waals surface area contributed by atoms with E-state index in [-0.39, 0.29) is 5.41 Å². The van der Waals surface area contributed by atoms with Gasteiger partial charge in [-0.05, 0) is 93.0 Å². The zero-order chi connectivity index (χ0) is 25.0. The molecule has 7 rings (SSSR count). The van der Waals surface area contributed by atoms with Gasteiger partial charge in [0.05, 0.1) is 5.41 Å². The molecule has 0 heterocycles. The molecule has 0 radical (unpaired) electrons. The number of hydrogen-bond donors (Lipinski definition) is 0. The van der Waals surface area contributed by atoms with Gasteiger partial charge in [-0.1, -0.05) is 122 Å². The zero-order valence-electron chi connectivity index (χ0n) is 21.7. The number of rotatable bonds is 3. The van der Waals surface area contributed by atoms with E-state index in [1.165, 1.54) is 60.9 Å². The molecule has 2 unspecified atom stereocenters. The number of hydrogen-bond acceptors (Lipinski definition) is 0. The van der Waals surface area contributed by atoms with Gasteiger partial charge in [-0.3, -0.25) is 0 Å². The van der Waals surface area contributed by atoms with Gasteiger partial charge in [-0.15, -0.1) is 0 Å². The maximum Gasteiger partial charge on any atom is 0.0713 e. The van der Waals surface area contributed by atoms with Crippen molar-refractivity contribution in [3.8, 4) is 11.1 Å². The Kier molecular flexibility index (Phi) is 5.18. The third kappa shape index (κ3) is 3.22. The summed E-state index contributed by atoms with van der Waals surface area (Å²) < 4.78 is 0. The maximum absolute atomic E-state index is 2.50. The Morgan fingerprint density at radius 1 is 0.730 bits per heavy atom. The molecule has 180 valence electrons. The van der Waals surface area contributed by atoms with Crippen molar-refractivity contribution in [3.05, 3.63) is 149 Å². The molecule has 4 aromatic rings. The maximum atomic E-state index is 2.50. The van der Waals surface area contributed by atoms with Crippen LogP contribution in [0.5, 0.6) is 0 Å². The van der Waals surface area contributed by atoms with Gasteiger partial charge in [0.15, 0.2) is 0 Å². The number of benzene rings is 4. The summed E-state index contributed by atoms with van der Waals surface area (Å²) in [7, 11) is 0. The summed E-state index contributed by atoms with van der Waals surface area (Å²) >= 11 is 0. The predicted molar refractivity (Wildman–Crippen MR) is 158 cm³/mol. The van der Waals surface area contributed by atoms with E-state index in [1.54, 1.807) is 0 Å². The molecule has 0 nitrogen and oxygen atoms in total. The summed E-state index contributed by atoms with van der Waals surface area (Å²) in [4.78, 5) is 0. The Labute approximate surface area is 220 Å². The second kappa shape index (κ2) is 8.60. The van der Waals surface area contributed by atoms with Crippen molar-refractivity contribution in [1.82, 2.24) is 0 Å². The normalized spacial score (nSPS) is 22.2. The predicted octanol–water partition coefficient (Wildman–Crippen LogP) is 9.74. The Hall–Kier alpha value is -3.90. The van der Waals surface area contributed by atoms with E-state index in [2.05, 4.69) is 129 Å². The molecule has 0 saturated heterocycles. The molecule has 0 aliphatic heterocycles. The number of fused-ring (bicyclic) bond motifs is 3. The Balaban J connectivity index is 1.66. The average Bonchev–Trinajstić information content (AvgIpc) is 3.26. The molecule has 0 aromatic heterocycles. The molecule has 0 fully saturated rings. The van der Waals surface area contributed by atoms with E-state index in [0.29, 0.717) is 5.92 Å². The van der Waals surface area contributed by atoms with Crippen LogP contribution < -0.4 is 0 Å². The second-order valence-electron chi connectivity index (χ2n) is 10.9. The molecular formula is C37H32. The SMILES string of the molecule is Cc1cc(-c2cccc3c2C(C2=CCCC=C2)(c2ccccc2)C2=C3C(C)CC=C2)c2ccccc2c1. The summed E-state index contributed by atoms with van der Waals surface area (Å²) in [6.45, 7) is 4.63. The van der Waals surface area contributed by atoms with Gasteiger partial charge in [0.25, 0.3) is 0 Å². The quantitative estimate of drug-likeness (QED) is 0.276. The molecule has 0 heteroatoms. The van der Waals surface area contributed by atoms with E-state index < -0.39 is 0 Å². The van der Waals surface area contributed by atoms with Crippen LogP contribution in [0.1, 0.15) is 48.4 Å². The first-order valence-corrected chi connectivity index (χ1v) is 13.7. The van der Waals surface area contributed by atoms with E-state index in [9.17, 15) is 0 Å². The highest BCUT2D eigenvalue weighted by Gasteiger charge is 2.50. The lowest BCUT2D eigenvalue weighted by atomic mass is 9.63. The van der Waals surface area contributed by atoms with Crippen LogP contribution in [0.25, 0.3) is 27.5 Å². The van der Waals surface area contributed by atoms with Crippen LogP contribution in [0.2, 0.25) is 0 Å². The van der Waals surface area contributed by atoms with Crippen LogP contribution >= 0.6 is 0 Å². The standard InChI is InChI=1S/C37H32/c1-25-23-27-14-9-10-19-30(27)33(24-25)31-20-12-21-32-35-26(2)13-11-22-34(35)37(36(31)32,28-15-5-3-6-16-28)29-17-7-4-8-18-29/h3,5-7,9-12,14-24,26H,4,8,13H2,1-2H3. The highest BCUT2D eigenvalue weighted by atomic mass is 14.5. The molecule has 0 bridgehead atoms. The van der Waals surface area contributed by atoms with E-state index >= 15 is 0 Å². The van der Waals surface area contributed by atoms with Crippen LogP contribution in [0.15, 0.2) is 126 Å². The molecule has 37 heavy (non-hydrogen) atoms. The molecule has 2 atom stereocenters.